The van der Waals surface area contributed by atoms with E-state index in [4.69, 9.17) is 9.84 Å². The first-order valence-electron chi connectivity index (χ1n) is 8.66. The second-order valence-corrected chi connectivity index (χ2v) is 6.71. The lowest BCUT2D eigenvalue weighted by molar-refractivity contribution is -0.145. The summed E-state index contributed by atoms with van der Waals surface area (Å²) in [5, 5.41) is 9.00. The van der Waals surface area contributed by atoms with Gasteiger partial charge in [-0.3, -0.25) is 14.4 Å². The summed E-state index contributed by atoms with van der Waals surface area (Å²) in [7, 11) is 1.56. The summed E-state index contributed by atoms with van der Waals surface area (Å²) >= 11 is 0. The third kappa shape index (κ3) is 5.18. The average Bonchev–Trinajstić information content (AvgIpc) is 2.61. The van der Waals surface area contributed by atoms with Crippen LogP contribution in [0.2, 0.25) is 0 Å². The fraction of sp³-hybridized carbons (Fsp3) is 0.556. The van der Waals surface area contributed by atoms with Gasteiger partial charge in [-0.25, -0.2) is 4.98 Å². The first-order valence-corrected chi connectivity index (χ1v) is 8.66. The van der Waals surface area contributed by atoms with Crippen LogP contribution in [0, 0.1) is 5.92 Å². The zero-order valence-electron chi connectivity index (χ0n) is 15.3. The maximum atomic E-state index is 12.4. The Morgan fingerprint density at radius 3 is 2.46 bits per heavy atom. The third-order valence-electron chi connectivity index (χ3n) is 4.26. The Hall–Kier alpha value is -2.64. The van der Waals surface area contributed by atoms with Crippen molar-refractivity contribution in [3.05, 3.63) is 23.9 Å². The van der Waals surface area contributed by atoms with E-state index in [0.717, 1.165) is 0 Å². The van der Waals surface area contributed by atoms with Gasteiger partial charge < -0.3 is 19.6 Å². The maximum Gasteiger partial charge on any atom is 0.306 e. The van der Waals surface area contributed by atoms with Crippen LogP contribution in [0.1, 0.15) is 37.0 Å². The van der Waals surface area contributed by atoms with Gasteiger partial charge in [-0.05, 0) is 32.8 Å². The lowest BCUT2D eigenvalue weighted by atomic mass is 9.97. The number of amides is 2. The molecule has 0 unspecified atom stereocenters. The molecule has 26 heavy (non-hydrogen) atoms. The summed E-state index contributed by atoms with van der Waals surface area (Å²) in [4.78, 5) is 42.8. The largest absolute Gasteiger partial charge is 0.481 e. The van der Waals surface area contributed by atoms with E-state index in [0.29, 0.717) is 37.4 Å². The summed E-state index contributed by atoms with van der Waals surface area (Å²) in [5.74, 6) is -1.26. The van der Waals surface area contributed by atoms with Crippen LogP contribution in [0.4, 0.5) is 0 Å². The van der Waals surface area contributed by atoms with E-state index in [1.165, 1.54) is 11.1 Å². The SMILES string of the molecule is CC(C)Oc1ccc(C(=O)N(C)CC(=O)N2CCC(C(=O)O)CC2)cn1. The molecule has 0 spiro atoms. The van der Waals surface area contributed by atoms with E-state index in [1.807, 2.05) is 13.8 Å². The summed E-state index contributed by atoms with van der Waals surface area (Å²) < 4.78 is 5.44. The van der Waals surface area contributed by atoms with Crippen molar-refractivity contribution in [2.24, 2.45) is 5.92 Å². The molecule has 0 atom stereocenters. The Morgan fingerprint density at radius 2 is 1.96 bits per heavy atom. The maximum absolute atomic E-state index is 12.4. The minimum absolute atomic E-state index is 0.00499. The van der Waals surface area contributed by atoms with Crippen molar-refractivity contribution in [3.8, 4) is 5.88 Å². The van der Waals surface area contributed by atoms with Crippen LogP contribution in [-0.2, 0) is 9.59 Å². The van der Waals surface area contributed by atoms with Crippen molar-refractivity contribution < 1.29 is 24.2 Å². The standard InChI is InChI=1S/C18H25N3O5/c1-12(2)26-15-5-4-14(10-19-15)17(23)20(3)11-16(22)21-8-6-13(7-9-21)18(24)25/h4-5,10,12-13H,6-9,11H2,1-3H3,(H,24,25). The summed E-state index contributed by atoms with van der Waals surface area (Å²) in [6, 6.07) is 3.24. The molecule has 142 valence electrons. The first-order chi connectivity index (χ1) is 12.3. The number of piperidine rings is 1. The molecule has 1 aromatic rings. The average molecular weight is 363 g/mol. The van der Waals surface area contributed by atoms with Crippen LogP contribution < -0.4 is 4.74 Å². The number of rotatable bonds is 6. The first kappa shape index (κ1) is 19.7. The van der Waals surface area contributed by atoms with Gasteiger partial charge in [0.1, 0.15) is 0 Å². The Kier molecular flexibility index (Phi) is 6.54. The summed E-state index contributed by atoms with van der Waals surface area (Å²) in [6.07, 6.45) is 2.31. The molecule has 0 saturated carbocycles. The number of carboxylic acid groups (broad SMARTS) is 1. The number of nitrogens with zero attached hydrogens (tertiary/aromatic N) is 3. The smallest absolute Gasteiger partial charge is 0.306 e. The van der Waals surface area contributed by atoms with E-state index in [9.17, 15) is 14.4 Å². The van der Waals surface area contributed by atoms with Gasteiger partial charge in [-0.2, -0.15) is 0 Å². The topological polar surface area (TPSA) is 100 Å². The number of aliphatic carboxylic acids is 1. The Bertz CT molecular complexity index is 651. The molecular weight excluding hydrogens is 338 g/mol. The number of likely N-dealkylation sites (tertiary alicyclic amines) is 1. The molecule has 0 bridgehead atoms. The van der Waals surface area contributed by atoms with E-state index >= 15 is 0 Å². The molecule has 0 aliphatic carbocycles. The van der Waals surface area contributed by atoms with Crippen LogP contribution >= 0.6 is 0 Å². The number of pyridine rings is 1. The predicted molar refractivity (Wildman–Crippen MR) is 93.9 cm³/mol. The van der Waals surface area contributed by atoms with Gasteiger partial charge in [0.15, 0.2) is 0 Å². The number of carbonyl (C=O) groups excluding carboxylic acids is 2. The van der Waals surface area contributed by atoms with Crippen LogP contribution in [0.25, 0.3) is 0 Å². The number of aromatic nitrogens is 1. The van der Waals surface area contributed by atoms with Gasteiger partial charge in [0, 0.05) is 32.4 Å². The normalized spacial score (nSPS) is 15.0. The highest BCUT2D eigenvalue weighted by Crippen LogP contribution is 2.17. The van der Waals surface area contributed by atoms with Crippen LogP contribution in [-0.4, -0.2) is 70.5 Å². The second-order valence-electron chi connectivity index (χ2n) is 6.71. The molecular formula is C18H25N3O5. The Morgan fingerprint density at radius 1 is 1.31 bits per heavy atom. The van der Waals surface area contributed by atoms with Gasteiger partial charge in [0.2, 0.25) is 11.8 Å². The number of carbonyl (C=O) groups is 3. The Labute approximate surface area is 152 Å². The van der Waals surface area contributed by atoms with Crippen LogP contribution in [0.3, 0.4) is 0 Å². The zero-order valence-corrected chi connectivity index (χ0v) is 15.3. The predicted octanol–water partition coefficient (Wildman–Crippen LogP) is 1.26. The molecule has 8 heteroatoms. The molecule has 2 rings (SSSR count). The molecule has 1 aliphatic heterocycles. The van der Waals surface area contributed by atoms with Crippen molar-refractivity contribution in [3.63, 3.8) is 0 Å². The Balaban J connectivity index is 1.88. The van der Waals surface area contributed by atoms with Gasteiger partial charge >= 0.3 is 5.97 Å². The minimum Gasteiger partial charge on any atom is -0.481 e. The number of hydrogen-bond donors (Lipinski definition) is 1. The monoisotopic (exact) mass is 363 g/mol. The highest BCUT2D eigenvalue weighted by Gasteiger charge is 2.28. The van der Waals surface area contributed by atoms with E-state index in [1.54, 1.807) is 24.1 Å². The zero-order chi connectivity index (χ0) is 19.3. The van der Waals surface area contributed by atoms with Crippen molar-refractivity contribution in [1.82, 2.24) is 14.8 Å². The van der Waals surface area contributed by atoms with Gasteiger partial charge in [-0.1, -0.05) is 0 Å². The molecule has 2 amide bonds. The number of likely N-dealkylation sites (N-methyl/N-ethyl adjacent to an activating group) is 1. The lowest BCUT2D eigenvalue weighted by Crippen LogP contribution is -2.45. The van der Waals surface area contributed by atoms with E-state index < -0.39 is 11.9 Å². The molecule has 1 aliphatic rings. The van der Waals surface area contributed by atoms with E-state index in [-0.39, 0.29) is 24.5 Å². The molecule has 1 N–H and O–H groups in total. The van der Waals surface area contributed by atoms with Gasteiger partial charge in [-0.15, -0.1) is 0 Å². The molecule has 1 saturated heterocycles. The van der Waals surface area contributed by atoms with Crippen molar-refractivity contribution in [2.45, 2.75) is 32.8 Å². The molecule has 0 aromatic carbocycles. The number of ether oxygens (including phenoxy) is 1. The van der Waals surface area contributed by atoms with Crippen LogP contribution in [0.15, 0.2) is 18.3 Å². The summed E-state index contributed by atoms with van der Waals surface area (Å²) in [5.41, 5.74) is 0.376. The molecule has 1 fully saturated rings. The van der Waals surface area contributed by atoms with Crippen molar-refractivity contribution >= 4 is 17.8 Å². The van der Waals surface area contributed by atoms with E-state index in [2.05, 4.69) is 4.98 Å². The lowest BCUT2D eigenvalue weighted by Gasteiger charge is -2.31. The number of hydrogen-bond acceptors (Lipinski definition) is 5. The minimum atomic E-state index is -0.818. The van der Waals surface area contributed by atoms with Gasteiger partial charge in [0.05, 0.1) is 24.1 Å². The molecule has 2 heterocycles. The third-order valence-corrected chi connectivity index (χ3v) is 4.26. The fourth-order valence-corrected chi connectivity index (χ4v) is 2.79. The second kappa shape index (κ2) is 8.64. The molecule has 0 radical (unpaired) electrons. The fourth-order valence-electron chi connectivity index (χ4n) is 2.79. The van der Waals surface area contributed by atoms with Crippen LogP contribution in [0.5, 0.6) is 5.88 Å². The highest BCUT2D eigenvalue weighted by molar-refractivity contribution is 5.96. The van der Waals surface area contributed by atoms with Gasteiger partial charge in [0.25, 0.3) is 5.91 Å². The highest BCUT2D eigenvalue weighted by atomic mass is 16.5. The quantitative estimate of drug-likeness (QED) is 0.817. The summed E-state index contributed by atoms with van der Waals surface area (Å²) in [6.45, 7) is 4.53. The molecule has 1 aromatic heterocycles. The number of carboxylic acids is 1. The van der Waals surface area contributed by atoms with Crippen molar-refractivity contribution in [1.29, 1.82) is 0 Å². The van der Waals surface area contributed by atoms with Crippen molar-refractivity contribution in [2.75, 3.05) is 26.7 Å². The molecule has 8 nitrogen and oxygen atoms in total.